The van der Waals surface area contributed by atoms with Crippen molar-refractivity contribution >= 4 is 5.69 Å². The summed E-state index contributed by atoms with van der Waals surface area (Å²) in [7, 11) is 0. The van der Waals surface area contributed by atoms with Crippen molar-refractivity contribution in [2.45, 2.75) is 6.18 Å². The minimum Gasteiger partial charge on any atom is -0.457 e. The minimum atomic E-state index is -4.39. The van der Waals surface area contributed by atoms with Gasteiger partial charge in [-0.25, -0.2) is 4.39 Å². The van der Waals surface area contributed by atoms with E-state index in [9.17, 15) is 17.6 Å². The van der Waals surface area contributed by atoms with Crippen LogP contribution in [0, 0.1) is 5.82 Å². The maximum absolute atomic E-state index is 12.9. The topological polar surface area (TPSA) is 35.2 Å². The fourth-order valence-corrected chi connectivity index (χ4v) is 1.43. The molecule has 6 heteroatoms. The van der Waals surface area contributed by atoms with E-state index in [1.165, 1.54) is 24.3 Å². The summed E-state index contributed by atoms with van der Waals surface area (Å²) in [5, 5.41) is 0. The van der Waals surface area contributed by atoms with Crippen LogP contribution in [0.15, 0.2) is 42.5 Å². The van der Waals surface area contributed by atoms with E-state index in [1.807, 2.05) is 0 Å². The Morgan fingerprint density at radius 3 is 2.00 bits per heavy atom. The Morgan fingerprint density at radius 1 is 0.895 bits per heavy atom. The van der Waals surface area contributed by atoms with Crippen molar-refractivity contribution in [2.24, 2.45) is 0 Å². The zero-order chi connectivity index (χ0) is 14.0. The van der Waals surface area contributed by atoms with E-state index >= 15 is 0 Å². The van der Waals surface area contributed by atoms with Crippen molar-refractivity contribution in [1.29, 1.82) is 0 Å². The average Bonchev–Trinajstić information content (AvgIpc) is 2.33. The molecule has 0 saturated heterocycles. The van der Waals surface area contributed by atoms with E-state index in [0.717, 1.165) is 18.2 Å². The molecular formula is C13H9F4NO. The maximum atomic E-state index is 12.9. The van der Waals surface area contributed by atoms with E-state index < -0.39 is 17.6 Å². The summed E-state index contributed by atoms with van der Waals surface area (Å²) in [6, 6.07) is 7.89. The normalized spacial score (nSPS) is 11.4. The Balaban J connectivity index is 2.17. The molecule has 0 aliphatic rings. The fourth-order valence-electron chi connectivity index (χ4n) is 1.43. The van der Waals surface area contributed by atoms with Gasteiger partial charge in [-0.3, -0.25) is 0 Å². The molecular weight excluding hydrogens is 262 g/mol. The summed E-state index contributed by atoms with van der Waals surface area (Å²) in [6.07, 6.45) is -4.39. The summed E-state index contributed by atoms with van der Waals surface area (Å²) < 4.78 is 55.2. The standard InChI is InChI=1S/C13H9F4NO/c14-11-6-5-10(7-12(11)18)19-9-3-1-8(2-4-9)13(15,16)17/h1-7H,18H2. The first kappa shape index (κ1) is 13.2. The molecule has 2 nitrogen and oxygen atoms in total. The molecule has 0 aliphatic heterocycles. The number of halogens is 4. The first-order valence-electron chi connectivity index (χ1n) is 5.26. The summed E-state index contributed by atoms with van der Waals surface area (Å²) in [5.41, 5.74) is 4.49. The number of alkyl halides is 3. The minimum absolute atomic E-state index is 0.0931. The predicted molar refractivity (Wildman–Crippen MR) is 62.3 cm³/mol. The van der Waals surface area contributed by atoms with Crippen LogP contribution in [0.3, 0.4) is 0 Å². The maximum Gasteiger partial charge on any atom is 0.416 e. The second-order valence-electron chi connectivity index (χ2n) is 3.81. The van der Waals surface area contributed by atoms with Gasteiger partial charge in [0, 0.05) is 6.07 Å². The Kier molecular flexibility index (Phi) is 3.33. The first-order chi connectivity index (χ1) is 8.86. The zero-order valence-corrected chi connectivity index (χ0v) is 9.54. The number of hydrogen-bond acceptors (Lipinski definition) is 2. The van der Waals surface area contributed by atoms with Gasteiger partial charge < -0.3 is 10.5 Å². The lowest BCUT2D eigenvalue weighted by molar-refractivity contribution is -0.137. The molecule has 19 heavy (non-hydrogen) atoms. The van der Waals surface area contributed by atoms with Crippen LogP contribution in [-0.4, -0.2) is 0 Å². The molecule has 0 bridgehead atoms. The molecule has 2 aromatic rings. The third-order valence-corrected chi connectivity index (χ3v) is 2.38. The molecule has 0 amide bonds. The van der Waals surface area contributed by atoms with Gasteiger partial charge in [0.25, 0.3) is 0 Å². The lowest BCUT2D eigenvalue weighted by Crippen LogP contribution is -2.04. The van der Waals surface area contributed by atoms with Crippen LogP contribution in [0.4, 0.5) is 23.2 Å². The van der Waals surface area contributed by atoms with E-state index in [1.54, 1.807) is 0 Å². The highest BCUT2D eigenvalue weighted by Crippen LogP contribution is 2.31. The van der Waals surface area contributed by atoms with Gasteiger partial charge in [0.1, 0.15) is 17.3 Å². The Hall–Kier alpha value is -2.24. The Bertz CT molecular complexity index is 578. The van der Waals surface area contributed by atoms with Crippen LogP contribution in [0.25, 0.3) is 0 Å². The van der Waals surface area contributed by atoms with Crippen molar-refractivity contribution in [3.05, 3.63) is 53.8 Å². The number of nitrogens with two attached hydrogens (primary N) is 1. The summed E-state index contributed by atoms with van der Waals surface area (Å²) in [4.78, 5) is 0. The molecule has 0 unspecified atom stereocenters. The van der Waals surface area contributed by atoms with Gasteiger partial charge in [0.15, 0.2) is 0 Å². The van der Waals surface area contributed by atoms with Crippen molar-refractivity contribution in [1.82, 2.24) is 0 Å². The Morgan fingerprint density at radius 2 is 1.47 bits per heavy atom. The van der Waals surface area contributed by atoms with E-state index in [2.05, 4.69) is 0 Å². The number of benzene rings is 2. The molecule has 0 saturated carbocycles. The van der Waals surface area contributed by atoms with E-state index in [-0.39, 0.29) is 17.2 Å². The molecule has 0 atom stereocenters. The zero-order valence-electron chi connectivity index (χ0n) is 9.54. The smallest absolute Gasteiger partial charge is 0.416 e. The second kappa shape index (κ2) is 4.79. The predicted octanol–water partition coefficient (Wildman–Crippen LogP) is 4.22. The lowest BCUT2D eigenvalue weighted by Gasteiger charge is -2.09. The molecule has 2 aromatic carbocycles. The molecule has 0 radical (unpaired) electrons. The largest absolute Gasteiger partial charge is 0.457 e. The first-order valence-corrected chi connectivity index (χ1v) is 5.26. The average molecular weight is 271 g/mol. The van der Waals surface area contributed by atoms with Crippen LogP contribution in [-0.2, 0) is 6.18 Å². The van der Waals surface area contributed by atoms with Crippen LogP contribution in [0.1, 0.15) is 5.56 Å². The number of rotatable bonds is 2. The van der Waals surface area contributed by atoms with Crippen LogP contribution in [0.2, 0.25) is 0 Å². The van der Waals surface area contributed by atoms with Gasteiger partial charge in [-0.1, -0.05) is 0 Å². The number of ether oxygens (including phenoxy) is 1. The summed E-state index contributed by atoms with van der Waals surface area (Å²) in [5.74, 6) is -0.127. The van der Waals surface area contributed by atoms with Crippen LogP contribution >= 0.6 is 0 Å². The van der Waals surface area contributed by atoms with Crippen molar-refractivity contribution in [3.63, 3.8) is 0 Å². The monoisotopic (exact) mass is 271 g/mol. The molecule has 0 spiro atoms. The van der Waals surface area contributed by atoms with E-state index in [4.69, 9.17) is 10.5 Å². The summed E-state index contributed by atoms with van der Waals surface area (Å²) in [6.45, 7) is 0. The quantitative estimate of drug-likeness (QED) is 0.655. The third kappa shape index (κ3) is 3.15. The van der Waals surface area contributed by atoms with Gasteiger partial charge in [-0.2, -0.15) is 13.2 Å². The van der Waals surface area contributed by atoms with E-state index in [0.29, 0.717) is 0 Å². The van der Waals surface area contributed by atoms with Crippen molar-refractivity contribution in [3.8, 4) is 11.5 Å². The molecule has 0 fully saturated rings. The lowest BCUT2D eigenvalue weighted by atomic mass is 10.2. The second-order valence-corrected chi connectivity index (χ2v) is 3.81. The van der Waals surface area contributed by atoms with Gasteiger partial charge in [0.05, 0.1) is 11.3 Å². The van der Waals surface area contributed by atoms with Crippen LogP contribution < -0.4 is 10.5 Å². The number of hydrogen-bond donors (Lipinski definition) is 1. The van der Waals surface area contributed by atoms with Gasteiger partial charge in [-0.15, -0.1) is 0 Å². The molecule has 2 N–H and O–H groups in total. The summed E-state index contributed by atoms with van der Waals surface area (Å²) >= 11 is 0. The highest BCUT2D eigenvalue weighted by Gasteiger charge is 2.30. The van der Waals surface area contributed by atoms with Crippen molar-refractivity contribution in [2.75, 3.05) is 5.73 Å². The van der Waals surface area contributed by atoms with Crippen LogP contribution in [0.5, 0.6) is 11.5 Å². The molecule has 0 aromatic heterocycles. The highest BCUT2D eigenvalue weighted by atomic mass is 19.4. The number of nitrogen functional groups attached to an aromatic ring is 1. The highest BCUT2D eigenvalue weighted by molar-refractivity contribution is 5.46. The number of anilines is 1. The van der Waals surface area contributed by atoms with Gasteiger partial charge in [0.2, 0.25) is 0 Å². The van der Waals surface area contributed by atoms with Gasteiger partial charge in [-0.05, 0) is 36.4 Å². The fraction of sp³-hybridized carbons (Fsp3) is 0.0769. The Labute approximate surface area is 106 Å². The SMILES string of the molecule is Nc1cc(Oc2ccc(C(F)(F)F)cc2)ccc1F. The van der Waals surface area contributed by atoms with Crippen molar-refractivity contribution < 1.29 is 22.3 Å². The molecule has 2 rings (SSSR count). The third-order valence-electron chi connectivity index (χ3n) is 2.38. The molecule has 0 heterocycles. The molecule has 100 valence electrons. The molecule has 0 aliphatic carbocycles. The van der Waals surface area contributed by atoms with Gasteiger partial charge >= 0.3 is 6.18 Å².